The lowest BCUT2D eigenvalue weighted by Crippen LogP contribution is -2.47. The largest absolute Gasteiger partial charge is 0.389 e. The lowest BCUT2D eigenvalue weighted by atomic mass is 9.62. The molecule has 1 nitrogen and oxygen atoms in total. The van der Waals surface area contributed by atoms with Gasteiger partial charge in [0.25, 0.3) is 0 Å². The van der Waals surface area contributed by atoms with Gasteiger partial charge in [-0.15, -0.1) is 26.3 Å². The van der Waals surface area contributed by atoms with Crippen LogP contribution in [0.3, 0.4) is 0 Å². The molecule has 0 saturated carbocycles. The number of aliphatic hydroxyl groups is 1. The fourth-order valence-electron chi connectivity index (χ4n) is 3.21. The molecule has 0 unspecified atom stereocenters. The van der Waals surface area contributed by atoms with E-state index < -0.39 is 5.60 Å². The van der Waals surface area contributed by atoms with E-state index in [1.807, 2.05) is 27.7 Å². The second kappa shape index (κ2) is 7.08. The van der Waals surface area contributed by atoms with Gasteiger partial charge >= 0.3 is 0 Å². The average Bonchev–Trinajstić information content (AvgIpc) is 2.10. The molecule has 0 spiro atoms. The molecule has 0 aromatic carbocycles. The van der Waals surface area contributed by atoms with Crippen molar-refractivity contribution in [2.75, 3.05) is 0 Å². The normalized spacial score (nSPS) is 12.1. The summed E-state index contributed by atoms with van der Waals surface area (Å²) in [4.78, 5) is 0. The van der Waals surface area contributed by atoms with Crippen LogP contribution in [0.25, 0.3) is 0 Å². The molecule has 0 aliphatic rings. The van der Waals surface area contributed by atoms with Crippen LogP contribution in [0.15, 0.2) is 48.6 Å². The van der Waals surface area contributed by atoms with Gasteiger partial charge in [-0.1, -0.05) is 29.2 Å². The average molecular weight is 276 g/mol. The molecular weight excluding hydrogens is 244 g/mol. The van der Waals surface area contributed by atoms with Crippen molar-refractivity contribution >= 4 is 0 Å². The Morgan fingerprint density at radius 1 is 0.700 bits per heavy atom. The monoisotopic (exact) mass is 276 g/mol. The molecule has 20 heavy (non-hydrogen) atoms. The predicted molar refractivity (Wildman–Crippen MR) is 90.8 cm³/mol. The van der Waals surface area contributed by atoms with Crippen molar-refractivity contribution in [3.8, 4) is 0 Å². The van der Waals surface area contributed by atoms with Crippen molar-refractivity contribution in [3.05, 3.63) is 48.6 Å². The highest BCUT2D eigenvalue weighted by Crippen LogP contribution is 2.48. The van der Waals surface area contributed by atoms with Crippen molar-refractivity contribution in [3.63, 3.8) is 0 Å². The highest BCUT2D eigenvalue weighted by atomic mass is 16.3. The summed E-state index contributed by atoms with van der Waals surface area (Å²) in [5.41, 5.74) is 2.98. The summed E-state index contributed by atoms with van der Waals surface area (Å²) >= 11 is 0. The van der Waals surface area contributed by atoms with Gasteiger partial charge in [0, 0.05) is 5.41 Å². The Morgan fingerprint density at radius 2 is 0.950 bits per heavy atom. The second-order valence-corrected chi connectivity index (χ2v) is 7.13. The standard InChI is InChI=1S/C19H32O/c1-14(2)10-18(9,11-15(3)4)19(20,12-16(5)6)13-17(7)8/h20H,1,3,5,7,10-13H2,2,4,6,8-9H3. The van der Waals surface area contributed by atoms with Crippen molar-refractivity contribution in [1.82, 2.24) is 0 Å². The van der Waals surface area contributed by atoms with Crippen molar-refractivity contribution < 1.29 is 5.11 Å². The van der Waals surface area contributed by atoms with E-state index in [-0.39, 0.29) is 5.41 Å². The zero-order chi connectivity index (χ0) is 16.1. The highest BCUT2D eigenvalue weighted by Gasteiger charge is 2.46. The summed E-state index contributed by atoms with van der Waals surface area (Å²) in [6, 6.07) is 0. The van der Waals surface area contributed by atoms with Gasteiger partial charge in [0.1, 0.15) is 0 Å². The van der Waals surface area contributed by atoms with Gasteiger partial charge in [0.05, 0.1) is 5.60 Å². The van der Waals surface area contributed by atoms with E-state index in [1.165, 1.54) is 0 Å². The molecule has 0 heterocycles. The van der Waals surface area contributed by atoms with Crippen LogP contribution in [0.2, 0.25) is 0 Å². The Hall–Kier alpha value is -1.08. The number of hydrogen-bond donors (Lipinski definition) is 1. The van der Waals surface area contributed by atoms with E-state index in [0.717, 1.165) is 35.1 Å². The Kier molecular flexibility index (Phi) is 6.70. The summed E-state index contributed by atoms with van der Waals surface area (Å²) in [5, 5.41) is 11.4. The number of rotatable bonds is 9. The zero-order valence-electron chi connectivity index (χ0n) is 14.1. The van der Waals surface area contributed by atoms with Gasteiger partial charge in [-0.25, -0.2) is 0 Å². The summed E-state index contributed by atoms with van der Waals surface area (Å²) in [5.74, 6) is 0. The Morgan fingerprint density at radius 3 is 1.15 bits per heavy atom. The molecule has 0 saturated heterocycles. The van der Waals surface area contributed by atoms with Gasteiger partial charge in [-0.05, 0) is 53.4 Å². The van der Waals surface area contributed by atoms with Crippen molar-refractivity contribution in [2.24, 2.45) is 5.41 Å². The van der Waals surface area contributed by atoms with Crippen molar-refractivity contribution in [1.29, 1.82) is 0 Å². The van der Waals surface area contributed by atoms with Crippen LogP contribution in [-0.4, -0.2) is 10.7 Å². The molecule has 0 amide bonds. The molecule has 0 rings (SSSR count). The van der Waals surface area contributed by atoms with E-state index >= 15 is 0 Å². The Bertz CT molecular complexity index is 339. The van der Waals surface area contributed by atoms with Crippen LogP contribution < -0.4 is 0 Å². The maximum Gasteiger partial charge on any atom is 0.0780 e. The van der Waals surface area contributed by atoms with E-state index in [4.69, 9.17) is 0 Å². The minimum atomic E-state index is -0.859. The third kappa shape index (κ3) is 5.50. The fourth-order valence-corrected chi connectivity index (χ4v) is 3.21. The van der Waals surface area contributed by atoms with Crippen molar-refractivity contribution in [2.45, 2.75) is 65.9 Å². The first kappa shape index (κ1) is 18.9. The molecular formula is C19H32O. The first-order valence-electron chi connectivity index (χ1n) is 7.22. The minimum Gasteiger partial charge on any atom is -0.389 e. The molecule has 114 valence electrons. The van der Waals surface area contributed by atoms with Gasteiger partial charge in [0.15, 0.2) is 0 Å². The van der Waals surface area contributed by atoms with E-state index in [0.29, 0.717) is 12.8 Å². The Balaban J connectivity index is 5.70. The van der Waals surface area contributed by atoms with Crippen LogP contribution >= 0.6 is 0 Å². The number of allylic oxidation sites excluding steroid dienone is 2. The van der Waals surface area contributed by atoms with E-state index in [9.17, 15) is 5.11 Å². The molecule has 1 heteroatoms. The zero-order valence-corrected chi connectivity index (χ0v) is 14.1. The van der Waals surface area contributed by atoms with E-state index in [1.54, 1.807) is 0 Å². The maximum atomic E-state index is 11.4. The van der Waals surface area contributed by atoms with Crippen LogP contribution in [-0.2, 0) is 0 Å². The fraction of sp³-hybridized carbons (Fsp3) is 0.579. The van der Waals surface area contributed by atoms with Crippen LogP contribution in [0.5, 0.6) is 0 Å². The first-order valence-corrected chi connectivity index (χ1v) is 7.22. The molecule has 0 aliphatic heterocycles. The number of hydrogen-bond acceptors (Lipinski definition) is 1. The third-order valence-electron chi connectivity index (χ3n) is 3.70. The molecule has 0 atom stereocenters. The van der Waals surface area contributed by atoms with Gasteiger partial charge in [-0.3, -0.25) is 0 Å². The lowest BCUT2D eigenvalue weighted by molar-refractivity contribution is -0.0756. The third-order valence-corrected chi connectivity index (χ3v) is 3.70. The Labute approximate surface area is 125 Å². The molecule has 0 aromatic heterocycles. The molecule has 1 N–H and O–H groups in total. The van der Waals surface area contributed by atoms with Gasteiger partial charge in [0.2, 0.25) is 0 Å². The van der Waals surface area contributed by atoms with Gasteiger partial charge in [-0.2, -0.15) is 0 Å². The lowest BCUT2D eigenvalue weighted by Gasteiger charge is -2.47. The second-order valence-electron chi connectivity index (χ2n) is 7.13. The first-order chi connectivity index (χ1) is 8.92. The molecule has 0 bridgehead atoms. The smallest absolute Gasteiger partial charge is 0.0780 e. The van der Waals surface area contributed by atoms with Crippen LogP contribution in [0, 0.1) is 5.41 Å². The SMILES string of the molecule is C=C(C)CC(C)(CC(=C)C)C(O)(CC(=C)C)CC(=C)C. The quantitative estimate of drug-likeness (QED) is 0.544. The van der Waals surface area contributed by atoms with Crippen LogP contribution in [0.4, 0.5) is 0 Å². The summed E-state index contributed by atoms with van der Waals surface area (Å²) in [6.45, 7) is 26.1. The van der Waals surface area contributed by atoms with Gasteiger partial charge < -0.3 is 5.11 Å². The summed E-state index contributed by atoms with van der Waals surface area (Å²) in [6.07, 6.45) is 2.71. The maximum absolute atomic E-state index is 11.4. The predicted octanol–water partition coefficient (Wildman–Crippen LogP) is 5.59. The van der Waals surface area contributed by atoms with Crippen LogP contribution in [0.1, 0.15) is 60.3 Å². The minimum absolute atomic E-state index is 0.303. The molecule has 0 fully saturated rings. The molecule has 0 aliphatic carbocycles. The summed E-state index contributed by atoms with van der Waals surface area (Å²) in [7, 11) is 0. The topological polar surface area (TPSA) is 20.2 Å². The molecule has 0 radical (unpaired) electrons. The highest BCUT2D eigenvalue weighted by molar-refractivity contribution is 5.16. The molecule has 0 aromatic rings. The summed E-state index contributed by atoms with van der Waals surface area (Å²) < 4.78 is 0. The van der Waals surface area contributed by atoms with E-state index in [2.05, 4.69) is 33.2 Å².